The number of rotatable bonds is 3. The van der Waals surface area contributed by atoms with Gasteiger partial charge in [0.1, 0.15) is 0 Å². The number of nitrogens with zero attached hydrogens (tertiary/aromatic N) is 1. The lowest BCUT2D eigenvalue weighted by Crippen LogP contribution is -2.02. The van der Waals surface area contributed by atoms with Gasteiger partial charge in [-0.05, 0) is 41.1 Å². The molecule has 0 aliphatic carbocycles. The smallest absolute Gasteiger partial charge is 0.339 e. The summed E-state index contributed by atoms with van der Waals surface area (Å²) in [4.78, 5) is 11.6. The highest BCUT2D eigenvalue weighted by Crippen LogP contribution is 2.27. The molecule has 2 rings (SSSR count). The van der Waals surface area contributed by atoms with Crippen molar-refractivity contribution in [3.8, 4) is 5.88 Å². The number of esters is 1. The molecule has 0 N–H and O–H groups in total. The number of aromatic nitrogens is 1. The minimum absolute atomic E-state index is 0.325. The summed E-state index contributed by atoms with van der Waals surface area (Å²) >= 11 is 3.39. The Balaban J connectivity index is 2.53. The first-order valence-corrected chi connectivity index (χ1v) is 5.98. The summed E-state index contributed by atoms with van der Waals surface area (Å²) in [5.41, 5.74) is 1.40. The van der Waals surface area contributed by atoms with Gasteiger partial charge < -0.3 is 9.47 Å². The third kappa shape index (κ3) is 2.15. The van der Waals surface area contributed by atoms with E-state index in [2.05, 4.69) is 15.9 Å². The predicted molar refractivity (Wildman–Crippen MR) is 67.6 cm³/mol. The quantitative estimate of drug-likeness (QED) is 0.818. The van der Waals surface area contributed by atoms with E-state index in [1.165, 1.54) is 0 Å². The number of fused-ring (bicyclic) bond motifs is 1. The van der Waals surface area contributed by atoms with Crippen molar-refractivity contribution in [1.29, 1.82) is 0 Å². The van der Waals surface area contributed by atoms with Crippen molar-refractivity contribution in [3.05, 3.63) is 34.4 Å². The molecule has 0 spiro atoms. The van der Waals surface area contributed by atoms with Crippen LogP contribution in [0.15, 0.2) is 28.9 Å². The van der Waals surface area contributed by atoms with E-state index >= 15 is 0 Å². The SMILES string of the molecule is CCOC(=O)c1cc2ccc(Br)c(OC)n2c1. The van der Waals surface area contributed by atoms with Gasteiger partial charge in [0.05, 0.1) is 23.8 Å². The number of carbonyl (C=O) groups is 1. The molecule has 2 aromatic heterocycles. The van der Waals surface area contributed by atoms with Crippen LogP contribution in [0.3, 0.4) is 0 Å². The van der Waals surface area contributed by atoms with Gasteiger partial charge >= 0.3 is 5.97 Å². The lowest BCUT2D eigenvalue weighted by atomic mass is 10.3. The van der Waals surface area contributed by atoms with Gasteiger partial charge in [-0.25, -0.2) is 4.79 Å². The molecule has 0 fully saturated rings. The molecule has 0 bridgehead atoms. The Morgan fingerprint density at radius 1 is 1.47 bits per heavy atom. The fourth-order valence-corrected chi connectivity index (χ4v) is 2.14. The molecule has 2 aromatic rings. The number of carbonyl (C=O) groups excluding carboxylic acids is 1. The predicted octanol–water partition coefficient (Wildman–Crippen LogP) is 2.89. The van der Waals surface area contributed by atoms with E-state index in [0.717, 1.165) is 9.99 Å². The fraction of sp³-hybridized carbons (Fsp3) is 0.250. The molecule has 0 amide bonds. The van der Waals surface area contributed by atoms with Gasteiger partial charge in [-0.2, -0.15) is 0 Å². The molecule has 0 aliphatic rings. The number of methoxy groups -OCH3 is 1. The second kappa shape index (κ2) is 4.79. The van der Waals surface area contributed by atoms with Crippen molar-refractivity contribution < 1.29 is 14.3 Å². The number of hydrogen-bond donors (Lipinski definition) is 0. The summed E-state index contributed by atoms with van der Waals surface area (Å²) in [5.74, 6) is 0.326. The third-order valence-corrected chi connectivity index (χ3v) is 2.98. The minimum Gasteiger partial charge on any atom is -0.481 e. The van der Waals surface area contributed by atoms with Crippen molar-refractivity contribution in [1.82, 2.24) is 4.40 Å². The van der Waals surface area contributed by atoms with Crippen LogP contribution in [0, 0.1) is 0 Å². The largest absolute Gasteiger partial charge is 0.481 e. The van der Waals surface area contributed by atoms with Crippen LogP contribution >= 0.6 is 15.9 Å². The van der Waals surface area contributed by atoms with Crippen molar-refractivity contribution >= 4 is 27.4 Å². The summed E-state index contributed by atoms with van der Waals surface area (Å²) in [7, 11) is 1.59. The lowest BCUT2D eigenvalue weighted by Gasteiger charge is -2.06. The van der Waals surface area contributed by atoms with Crippen molar-refractivity contribution in [2.75, 3.05) is 13.7 Å². The van der Waals surface area contributed by atoms with Gasteiger partial charge in [0, 0.05) is 11.7 Å². The van der Waals surface area contributed by atoms with Gasteiger partial charge in [-0.15, -0.1) is 0 Å². The third-order valence-electron chi connectivity index (χ3n) is 2.38. The molecule has 5 heteroatoms. The van der Waals surface area contributed by atoms with E-state index in [1.807, 2.05) is 12.1 Å². The van der Waals surface area contributed by atoms with Crippen LogP contribution in [0.5, 0.6) is 5.88 Å². The van der Waals surface area contributed by atoms with Crippen molar-refractivity contribution in [3.63, 3.8) is 0 Å². The maximum atomic E-state index is 11.6. The molecule has 0 atom stereocenters. The van der Waals surface area contributed by atoms with E-state index in [-0.39, 0.29) is 5.97 Å². The molecular formula is C12H12BrNO3. The number of hydrogen-bond acceptors (Lipinski definition) is 3. The lowest BCUT2D eigenvalue weighted by molar-refractivity contribution is 0.0526. The zero-order valence-corrected chi connectivity index (χ0v) is 11.2. The highest BCUT2D eigenvalue weighted by molar-refractivity contribution is 9.10. The van der Waals surface area contributed by atoms with E-state index in [1.54, 1.807) is 30.7 Å². The first-order chi connectivity index (χ1) is 8.17. The second-order valence-electron chi connectivity index (χ2n) is 3.43. The standard InChI is InChI=1S/C12H12BrNO3/c1-3-17-12(15)8-6-9-4-5-10(13)11(16-2)14(9)7-8/h4-7H,3H2,1-2H3. The van der Waals surface area contributed by atoms with Crippen LogP contribution in [0.1, 0.15) is 17.3 Å². The molecule has 2 heterocycles. The Hall–Kier alpha value is -1.49. The number of halogens is 1. The van der Waals surface area contributed by atoms with Crippen LogP contribution < -0.4 is 4.74 Å². The summed E-state index contributed by atoms with van der Waals surface area (Å²) < 4.78 is 12.9. The van der Waals surface area contributed by atoms with Gasteiger partial charge in [0.2, 0.25) is 5.88 Å². The molecule has 4 nitrogen and oxygen atoms in total. The van der Waals surface area contributed by atoms with Gasteiger partial charge in [0.25, 0.3) is 0 Å². The Kier molecular flexibility index (Phi) is 3.38. The minimum atomic E-state index is -0.325. The average molecular weight is 298 g/mol. The highest BCUT2D eigenvalue weighted by Gasteiger charge is 2.13. The van der Waals surface area contributed by atoms with Gasteiger partial charge in [-0.3, -0.25) is 4.40 Å². The highest BCUT2D eigenvalue weighted by atomic mass is 79.9. The second-order valence-corrected chi connectivity index (χ2v) is 4.29. The zero-order chi connectivity index (χ0) is 12.4. The average Bonchev–Trinajstić information content (AvgIpc) is 2.73. The maximum absolute atomic E-state index is 11.6. The molecule has 0 saturated heterocycles. The Bertz CT molecular complexity index is 562. The monoisotopic (exact) mass is 297 g/mol. The Morgan fingerprint density at radius 3 is 2.88 bits per heavy atom. The number of ether oxygens (including phenoxy) is 2. The Morgan fingerprint density at radius 2 is 2.24 bits per heavy atom. The molecule has 0 unspecified atom stereocenters. The van der Waals surface area contributed by atoms with E-state index in [0.29, 0.717) is 18.1 Å². The maximum Gasteiger partial charge on any atom is 0.339 e. The van der Waals surface area contributed by atoms with E-state index < -0.39 is 0 Å². The molecule has 0 aromatic carbocycles. The van der Waals surface area contributed by atoms with Crippen LogP contribution in [0.2, 0.25) is 0 Å². The normalized spacial score (nSPS) is 10.5. The van der Waals surface area contributed by atoms with Gasteiger partial charge in [-0.1, -0.05) is 0 Å². The Labute approximate surface area is 107 Å². The molecular weight excluding hydrogens is 286 g/mol. The summed E-state index contributed by atoms with van der Waals surface area (Å²) in [6.07, 6.45) is 1.71. The molecule has 0 aliphatic heterocycles. The molecule has 0 saturated carbocycles. The number of pyridine rings is 1. The van der Waals surface area contributed by atoms with Crippen LogP contribution in [0.25, 0.3) is 5.52 Å². The molecule has 17 heavy (non-hydrogen) atoms. The summed E-state index contributed by atoms with van der Waals surface area (Å²) in [5, 5.41) is 0. The van der Waals surface area contributed by atoms with E-state index in [9.17, 15) is 4.79 Å². The van der Waals surface area contributed by atoms with Crippen LogP contribution in [-0.2, 0) is 4.74 Å². The topological polar surface area (TPSA) is 39.9 Å². The van der Waals surface area contributed by atoms with Gasteiger partial charge in [0.15, 0.2) is 0 Å². The van der Waals surface area contributed by atoms with Crippen LogP contribution in [0.4, 0.5) is 0 Å². The summed E-state index contributed by atoms with van der Waals surface area (Å²) in [6, 6.07) is 5.55. The van der Waals surface area contributed by atoms with E-state index in [4.69, 9.17) is 9.47 Å². The fourth-order valence-electron chi connectivity index (χ4n) is 1.65. The zero-order valence-electron chi connectivity index (χ0n) is 9.57. The molecule has 90 valence electrons. The van der Waals surface area contributed by atoms with Crippen molar-refractivity contribution in [2.24, 2.45) is 0 Å². The summed E-state index contributed by atoms with van der Waals surface area (Å²) in [6.45, 7) is 2.15. The van der Waals surface area contributed by atoms with Crippen molar-refractivity contribution in [2.45, 2.75) is 6.92 Å². The van der Waals surface area contributed by atoms with Crippen LogP contribution in [-0.4, -0.2) is 24.1 Å². The first-order valence-electron chi connectivity index (χ1n) is 5.19. The first kappa shape index (κ1) is 12.0. The molecule has 0 radical (unpaired) electrons.